The summed E-state index contributed by atoms with van der Waals surface area (Å²) in [4.78, 5) is 39.2. The van der Waals surface area contributed by atoms with Crippen molar-refractivity contribution < 1.29 is 18.8 Å². The van der Waals surface area contributed by atoms with Gasteiger partial charge in [-0.15, -0.1) is 0 Å². The molecule has 6 heteroatoms. The van der Waals surface area contributed by atoms with Crippen LogP contribution in [-0.4, -0.2) is 29.2 Å². The number of carbonyl (C=O) groups is 3. The predicted octanol–water partition coefficient (Wildman–Crippen LogP) is 2.20. The molecule has 3 fully saturated rings. The zero-order valence-corrected chi connectivity index (χ0v) is 14.8. The van der Waals surface area contributed by atoms with E-state index in [1.165, 1.54) is 12.1 Å². The lowest BCUT2D eigenvalue weighted by Gasteiger charge is -2.22. The zero-order valence-electron chi connectivity index (χ0n) is 14.8. The third kappa shape index (κ3) is 2.69. The van der Waals surface area contributed by atoms with Gasteiger partial charge in [0.15, 0.2) is 0 Å². The minimum atomic E-state index is -0.335. The van der Waals surface area contributed by atoms with Gasteiger partial charge in [0.2, 0.25) is 17.7 Å². The van der Waals surface area contributed by atoms with Gasteiger partial charge < -0.3 is 5.32 Å². The minimum Gasteiger partial charge on any atom is -0.347 e. The molecule has 0 radical (unpaired) electrons. The maximum Gasteiger partial charge on any atom is 0.240 e. The van der Waals surface area contributed by atoms with Crippen molar-refractivity contribution in [2.24, 2.45) is 29.6 Å². The Morgan fingerprint density at radius 2 is 1.67 bits per heavy atom. The van der Waals surface area contributed by atoms with Crippen molar-refractivity contribution in [1.82, 2.24) is 10.2 Å². The molecular weight excluding hydrogens is 347 g/mol. The van der Waals surface area contributed by atoms with Crippen LogP contribution in [0.2, 0.25) is 0 Å². The Bertz CT molecular complexity index is 815. The van der Waals surface area contributed by atoms with Crippen molar-refractivity contribution in [3.63, 3.8) is 0 Å². The summed E-state index contributed by atoms with van der Waals surface area (Å²) in [6.45, 7) is -0.228. The van der Waals surface area contributed by atoms with Crippen LogP contribution in [-0.2, 0) is 14.4 Å². The van der Waals surface area contributed by atoms with Crippen LogP contribution >= 0.6 is 0 Å². The highest BCUT2D eigenvalue weighted by Gasteiger charge is 2.59. The van der Waals surface area contributed by atoms with Crippen LogP contribution in [0.1, 0.15) is 30.9 Å². The van der Waals surface area contributed by atoms with Gasteiger partial charge in [-0.1, -0.05) is 24.3 Å². The average molecular weight is 368 g/mol. The molecule has 2 saturated carbocycles. The van der Waals surface area contributed by atoms with E-state index in [0.717, 1.165) is 29.7 Å². The fraction of sp³-hybridized carbons (Fsp3) is 0.476. The first-order chi connectivity index (χ1) is 13.0. The average Bonchev–Trinajstić information content (AvgIpc) is 3.21. The van der Waals surface area contributed by atoms with E-state index >= 15 is 0 Å². The van der Waals surface area contributed by atoms with Gasteiger partial charge in [0.25, 0.3) is 0 Å². The molecule has 3 amide bonds. The number of imide groups is 1. The van der Waals surface area contributed by atoms with E-state index in [2.05, 4.69) is 5.32 Å². The van der Waals surface area contributed by atoms with E-state index in [9.17, 15) is 18.8 Å². The number of nitrogens with one attached hydrogen (secondary N) is 1. The molecular formula is C21H21FN2O3. The molecule has 4 aliphatic rings. The SMILES string of the molecule is O=C(CN1C(=O)C2C3C=CC(C3)C2C1=O)NC(c1ccc(F)cc1)C1CC1. The lowest BCUT2D eigenvalue weighted by atomic mass is 9.85. The topological polar surface area (TPSA) is 66.5 Å². The highest BCUT2D eigenvalue weighted by molar-refractivity contribution is 6.08. The van der Waals surface area contributed by atoms with E-state index in [-0.39, 0.29) is 59.8 Å². The molecule has 1 aromatic rings. The normalized spacial score (nSPS) is 32.1. The van der Waals surface area contributed by atoms with Gasteiger partial charge in [-0.2, -0.15) is 0 Å². The number of benzene rings is 1. The second kappa shape index (κ2) is 6.01. The smallest absolute Gasteiger partial charge is 0.240 e. The predicted molar refractivity (Wildman–Crippen MR) is 94.4 cm³/mol. The molecule has 5 nitrogen and oxygen atoms in total. The van der Waals surface area contributed by atoms with Crippen LogP contribution in [0.25, 0.3) is 0 Å². The Morgan fingerprint density at radius 3 is 2.22 bits per heavy atom. The molecule has 1 aliphatic heterocycles. The van der Waals surface area contributed by atoms with E-state index in [1.54, 1.807) is 12.1 Å². The maximum atomic E-state index is 13.2. The van der Waals surface area contributed by atoms with Crippen molar-refractivity contribution in [2.75, 3.05) is 6.54 Å². The third-order valence-electron chi connectivity index (χ3n) is 6.50. The Kier molecular flexibility index (Phi) is 3.71. The molecule has 5 rings (SSSR count). The molecule has 0 spiro atoms. The molecule has 27 heavy (non-hydrogen) atoms. The first-order valence-electron chi connectivity index (χ1n) is 9.61. The highest BCUT2D eigenvalue weighted by atomic mass is 19.1. The molecule has 5 unspecified atom stereocenters. The van der Waals surface area contributed by atoms with Crippen molar-refractivity contribution in [2.45, 2.75) is 25.3 Å². The van der Waals surface area contributed by atoms with Crippen molar-refractivity contribution >= 4 is 17.7 Å². The summed E-state index contributed by atoms with van der Waals surface area (Å²) in [7, 11) is 0. The van der Waals surface area contributed by atoms with E-state index in [4.69, 9.17) is 0 Å². The number of allylic oxidation sites excluding steroid dienone is 2. The van der Waals surface area contributed by atoms with Gasteiger partial charge in [-0.3, -0.25) is 19.3 Å². The van der Waals surface area contributed by atoms with Crippen LogP contribution in [0.3, 0.4) is 0 Å². The number of halogens is 1. The first kappa shape index (κ1) is 16.7. The molecule has 1 N–H and O–H groups in total. The summed E-state index contributed by atoms with van der Waals surface area (Å²) in [5.74, 6) is -1.02. The van der Waals surface area contributed by atoms with Crippen LogP contribution in [0, 0.1) is 35.4 Å². The van der Waals surface area contributed by atoms with Gasteiger partial charge >= 0.3 is 0 Å². The molecule has 5 atom stereocenters. The van der Waals surface area contributed by atoms with Gasteiger partial charge in [0, 0.05) is 0 Å². The van der Waals surface area contributed by atoms with Crippen molar-refractivity contribution in [1.29, 1.82) is 0 Å². The number of likely N-dealkylation sites (tertiary alicyclic amines) is 1. The molecule has 3 aliphatic carbocycles. The summed E-state index contributed by atoms with van der Waals surface area (Å²) in [6.07, 6.45) is 6.96. The van der Waals surface area contributed by atoms with Gasteiger partial charge in [0.05, 0.1) is 17.9 Å². The quantitative estimate of drug-likeness (QED) is 0.640. The van der Waals surface area contributed by atoms with Crippen LogP contribution < -0.4 is 5.32 Å². The fourth-order valence-corrected chi connectivity index (χ4v) is 5.06. The molecule has 1 heterocycles. The summed E-state index contributed by atoms with van der Waals surface area (Å²) in [5.41, 5.74) is 0.852. The Labute approximate surface area is 156 Å². The lowest BCUT2D eigenvalue weighted by molar-refractivity contribution is -0.144. The fourth-order valence-electron chi connectivity index (χ4n) is 5.06. The van der Waals surface area contributed by atoms with Gasteiger partial charge in [-0.25, -0.2) is 4.39 Å². The van der Waals surface area contributed by atoms with Crippen LogP contribution in [0.4, 0.5) is 4.39 Å². The molecule has 1 aromatic carbocycles. The van der Waals surface area contributed by atoms with E-state index in [0.29, 0.717) is 5.92 Å². The number of nitrogens with zero attached hydrogens (tertiary/aromatic N) is 1. The largest absolute Gasteiger partial charge is 0.347 e. The summed E-state index contributed by atoms with van der Waals surface area (Å²) < 4.78 is 13.2. The summed E-state index contributed by atoms with van der Waals surface area (Å²) >= 11 is 0. The number of amides is 3. The lowest BCUT2D eigenvalue weighted by Crippen LogP contribution is -2.43. The molecule has 0 aromatic heterocycles. The number of hydrogen-bond donors (Lipinski definition) is 1. The Hall–Kier alpha value is -2.50. The van der Waals surface area contributed by atoms with E-state index in [1.807, 2.05) is 12.2 Å². The first-order valence-corrected chi connectivity index (χ1v) is 9.61. The highest BCUT2D eigenvalue weighted by Crippen LogP contribution is 2.52. The maximum absolute atomic E-state index is 13.2. The van der Waals surface area contributed by atoms with Crippen LogP contribution in [0.15, 0.2) is 36.4 Å². The Balaban J connectivity index is 1.28. The molecule has 2 bridgehead atoms. The second-order valence-corrected chi connectivity index (χ2v) is 8.20. The minimum absolute atomic E-state index is 0.142. The monoisotopic (exact) mass is 368 g/mol. The van der Waals surface area contributed by atoms with E-state index < -0.39 is 0 Å². The second-order valence-electron chi connectivity index (χ2n) is 8.20. The third-order valence-corrected chi connectivity index (χ3v) is 6.50. The number of carbonyl (C=O) groups excluding carboxylic acids is 3. The van der Waals surface area contributed by atoms with Crippen LogP contribution in [0.5, 0.6) is 0 Å². The number of rotatable bonds is 5. The van der Waals surface area contributed by atoms with Gasteiger partial charge in [-0.05, 0) is 54.7 Å². The number of fused-ring (bicyclic) bond motifs is 5. The molecule has 1 saturated heterocycles. The Morgan fingerprint density at radius 1 is 1.07 bits per heavy atom. The molecule has 140 valence electrons. The number of hydrogen-bond acceptors (Lipinski definition) is 3. The summed E-state index contributed by atoms with van der Waals surface area (Å²) in [6, 6.07) is 5.92. The van der Waals surface area contributed by atoms with Gasteiger partial charge in [0.1, 0.15) is 12.4 Å². The standard InChI is InChI=1S/C21H21FN2O3/c22-15-7-5-12(6-8-15)19(11-1-2-11)23-16(25)10-24-20(26)17-13-3-4-14(9-13)18(17)21(24)27/h3-8,11,13-14,17-19H,1-2,9-10H2,(H,23,25). The summed E-state index contributed by atoms with van der Waals surface area (Å²) in [5, 5.41) is 2.96. The van der Waals surface area contributed by atoms with Crippen molar-refractivity contribution in [3.8, 4) is 0 Å². The van der Waals surface area contributed by atoms with Crippen molar-refractivity contribution in [3.05, 3.63) is 47.8 Å². The zero-order chi connectivity index (χ0) is 18.7.